The average Bonchev–Trinajstić information content (AvgIpc) is 2.36. The zero-order valence-corrected chi connectivity index (χ0v) is 12.5. The quantitative estimate of drug-likeness (QED) is 0.890. The summed E-state index contributed by atoms with van der Waals surface area (Å²) in [4.78, 5) is 11.9. The molecule has 0 aromatic heterocycles. The van der Waals surface area contributed by atoms with Gasteiger partial charge in [-0.15, -0.1) is 11.8 Å². The molecule has 2 rings (SSSR count). The van der Waals surface area contributed by atoms with E-state index >= 15 is 0 Å². The fourth-order valence-electron chi connectivity index (χ4n) is 2.40. The SMILES string of the molecule is Cc1cc(C)cc(NC(=O)CSC2CCNCC2)c1. The summed E-state index contributed by atoms with van der Waals surface area (Å²) in [5.41, 5.74) is 3.27. The van der Waals surface area contributed by atoms with E-state index in [-0.39, 0.29) is 5.91 Å². The summed E-state index contributed by atoms with van der Waals surface area (Å²) in [6, 6.07) is 6.14. The number of nitrogens with one attached hydrogen (secondary N) is 2. The molecular weight excluding hydrogens is 256 g/mol. The lowest BCUT2D eigenvalue weighted by atomic mass is 10.1. The van der Waals surface area contributed by atoms with E-state index in [1.807, 2.05) is 26.0 Å². The number of amides is 1. The van der Waals surface area contributed by atoms with Crippen molar-refractivity contribution in [1.82, 2.24) is 5.32 Å². The molecule has 1 amide bonds. The largest absolute Gasteiger partial charge is 0.325 e. The van der Waals surface area contributed by atoms with Crippen LogP contribution in [-0.4, -0.2) is 30.0 Å². The molecule has 1 aliphatic rings. The zero-order chi connectivity index (χ0) is 13.7. The van der Waals surface area contributed by atoms with Gasteiger partial charge in [0.1, 0.15) is 0 Å². The van der Waals surface area contributed by atoms with Gasteiger partial charge in [0, 0.05) is 10.9 Å². The summed E-state index contributed by atoms with van der Waals surface area (Å²) in [6.07, 6.45) is 2.34. The number of rotatable bonds is 4. The Hall–Kier alpha value is -1.00. The predicted molar refractivity (Wildman–Crippen MR) is 82.9 cm³/mol. The summed E-state index contributed by atoms with van der Waals surface area (Å²) in [5, 5.41) is 6.96. The van der Waals surface area contributed by atoms with Crippen molar-refractivity contribution in [3.05, 3.63) is 29.3 Å². The van der Waals surface area contributed by atoms with E-state index in [9.17, 15) is 4.79 Å². The van der Waals surface area contributed by atoms with Crippen molar-refractivity contribution in [3.8, 4) is 0 Å². The third-order valence-electron chi connectivity index (χ3n) is 3.24. The molecule has 4 heteroatoms. The van der Waals surface area contributed by atoms with Crippen LogP contribution in [0.5, 0.6) is 0 Å². The Labute approximate surface area is 119 Å². The van der Waals surface area contributed by atoms with Crippen LogP contribution in [0.15, 0.2) is 18.2 Å². The number of carbonyl (C=O) groups is 1. The molecule has 0 atom stereocenters. The fraction of sp³-hybridized carbons (Fsp3) is 0.533. The van der Waals surface area contributed by atoms with Crippen LogP contribution in [0.1, 0.15) is 24.0 Å². The van der Waals surface area contributed by atoms with Crippen LogP contribution in [0.2, 0.25) is 0 Å². The molecule has 0 aliphatic carbocycles. The Kier molecular flexibility index (Phi) is 5.28. The summed E-state index contributed by atoms with van der Waals surface area (Å²) < 4.78 is 0. The molecule has 3 nitrogen and oxygen atoms in total. The molecule has 1 aliphatic heterocycles. The maximum atomic E-state index is 11.9. The second kappa shape index (κ2) is 6.96. The van der Waals surface area contributed by atoms with Crippen LogP contribution in [0.25, 0.3) is 0 Å². The molecule has 0 saturated carbocycles. The summed E-state index contributed by atoms with van der Waals surface area (Å²) >= 11 is 1.78. The normalized spacial score (nSPS) is 16.3. The van der Waals surface area contributed by atoms with Gasteiger partial charge in [0.15, 0.2) is 0 Å². The maximum absolute atomic E-state index is 11.9. The van der Waals surface area contributed by atoms with E-state index < -0.39 is 0 Å². The van der Waals surface area contributed by atoms with Crippen molar-refractivity contribution in [2.75, 3.05) is 24.2 Å². The van der Waals surface area contributed by atoms with Gasteiger partial charge in [-0.3, -0.25) is 4.79 Å². The number of benzene rings is 1. The van der Waals surface area contributed by atoms with Crippen molar-refractivity contribution in [2.24, 2.45) is 0 Å². The molecule has 0 bridgehead atoms. The van der Waals surface area contributed by atoms with E-state index in [1.54, 1.807) is 11.8 Å². The number of piperidine rings is 1. The van der Waals surface area contributed by atoms with E-state index in [0.29, 0.717) is 11.0 Å². The molecule has 0 spiro atoms. The van der Waals surface area contributed by atoms with E-state index in [0.717, 1.165) is 18.8 Å². The molecule has 2 N–H and O–H groups in total. The number of hydrogen-bond acceptors (Lipinski definition) is 3. The van der Waals surface area contributed by atoms with Gasteiger partial charge in [-0.2, -0.15) is 0 Å². The fourth-order valence-corrected chi connectivity index (χ4v) is 3.43. The molecule has 19 heavy (non-hydrogen) atoms. The van der Waals surface area contributed by atoms with Crippen LogP contribution in [-0.2, 0) is 4.79 Å². The van der Waals surface area contributed by atoms with Crippen molar-refractivity contribution in [1.29, 1.82) is 0 Å². The van der Waals surface area contributed by atoms with Gasteiger partial charge in [-0.05, 0) is 63.0 Å². The first kappa shape index (κ1) is 14.4. The molecule has 1 aromatic rings. The highest BCUT2D eigenvalue weighted by Gasteiger charge is 2.15. The van der Waals surface area contributed by atoms with Crippen molar-refractivity contribution in [3.63, 3.8) is 0 Å². The van der Waals surface area contributed by atoms with Crippen LogP contribution in [0, 0.1) is 13.8 Å². The lowest BCUT2D eigenvalue weighted by Crippen LogP contribution is -2.30. The lowest BCUT2D eigenvalue weighted by molar-refractivity contribution is -0.113. The predicted octanol–water partition coefficient (Wildman–Crippen LogP) is 2.73. The number of hydrogen-bond donors (Lipinski definition) is 2. The average molecular weight is 278 g/mol. The highest BCUT2D eigenvalue weighted by atomic mass is 32.2. The molecule has 0 radical (unpaired) electrons. The Bertz CT molecular complexity index is 422. The first-order valence-corrected chi connectivity index (χ1v) is 7.89. The topological polar surface area (TPSA) is 41.1 Å². The van der Waals surface area contributed by atoms with Gasteiger partial charge in [-0.25, -0.2) is 0 Å². The maximum Gasteiger partial charge on any atom is 0.234 e. The molecule has 104 valence electrons. The molecule has 1 saturated heterocycles. The highest BCUT2D eigenvalue weighted by Crippen LogP contribution is 2.20. The Balaban J connectivity index is 1.80. The van der Waals surface area contributed by atoms with Crippen molar-refractivity contribution >= 4 is 23.4 Å². The molecule has 1 heterocycles. The lowest BCUT2D eigenvalue weighted by Gasteiger charge is -2.21. The Morgan fingerprint density at radius 3 is 2.53 bits per heavy atom. The molecule has 0 unspecified atom stereocenters. The number of thioether (sulfide) groups is 1. The second-order valence-electron chi connectivity index (χ2n) is 5.18. The van der Waals surface area contributed by atoms with Gasteiger partial charge >= 0.3 is 0 Å². The third kappa shape index (κ3) is 4.88. The Morgan fingerprint density at radius 1 is 1.26 bits per heavy atom. The summed E-state index contributed by atoms with van der Waals surface area (Å²) in [5.74, 6) is 0.658. The van der Waals surface area contributed by atoms with E-state index in [1.165, 1.54) is 24.0 Å². The van der Waals surface area contributed by atoms with Gasteiger partial charge in [0.05, 0.1) is 5.75 Å². The molecule has 1 aromatic carbocycles. The molecular formula is C15H22N2OS. The highest BCUT2D eigenvalue weighted by molar-refractivity contribution is 8.00. The summed E-state index contributed by atoms with van der Waals surface area (Å²) in [7, 11) is 0. The first-order valence-electron chi connectivity index (χ1n) is 6.84. The minimum Gasteiger partial charge on any atom is -0.325 e. The zero-order valence-electron chi connectivity index (χ0n) is 11.7. The minimum atomic E-state index is 0.105. The first-order chi connectivity index (χ1) is 9.13. The van der Waals surface area contributed by atoms with Crippen LogP contribution in [0.4, 0.5) is 5.69 Å². The monoisotopic (exact) mass is 278 g/mol. The summed E-state index contributed by atoms with van der Waals surface area (Å²) in [6.45, 7) is 6.26. The standard InChI is InChI=1S/C15H22N2OS/c1-11-7-12(2)9-13(8-11)17-15(18)10-19-14-3-5-16-6-4-14/h7-9,14,16H,3-6,10H2,1-2H3,(H,17,18). The molecule has 1 fully saturated rings. The van der Waals surface area contributed by atoms with Crippen LogP contribution in [0.3, 0.4) is 0 Å². The van der Waals surface area contributed by atoms with Crippen molar-refractivity contribution < 1.29 is 4.79 Å². The Morgan fingerprint density at radius 2 is 1.89 bits per heavy atom. The number of anilines is 1. The number of carbonyl (C=O) groups excluding carboxylic acids is 1. The van der Waals surface area contributed by atoms with Gasteiger partial charge < -0.3 is 10.6 Å². The van der Waals surface area contributed by atoms with Crippen molar-refractivity contribution in [2.45, 2.75) is 31.9 Å². The van der Waals surface area contributed by atoms with Gasteiger partial charge in [0.2, 0.25) is 5.91 Å². The van der Waals surface area contributed by atoms with Crippen LogP contribution < -0.4 is 10.6 Å². The van der Waals surface area contributed by atoms with Crippen LogP contribution >= 0.6 is 11.8 Å². The second-order valence-corrected chi connectivity index (χ2v) is 6.47. The van der Waals surface area contributed by atoms with Gasteiger partial charge in [-0.1, -0.05) is 6.07 Å². The van der Waals surface area contributed by atoms with Gasteiger partial charge in [0.25, 0.3) is 0 Å². The smallest absolute Gasteiger partial charge is 0.234 e. The third-order valence-corrected chi connectivity index (χ3v) is 4.61. The van der Waals surface area contributed by atoms with E-state index in [4.69, 9.17) is 0 Å². The van der Waals surface area contributed by atoms with E-state index in [2.05, 4.69) is 16.7 Å². The number of aryl methyl sites for hydroxylation is 2. The minimum absolute atomic E-state index is 0.105.